The molecule has 4 heterocycles. The van der Waals surface area contributed by atoms with Crippen LogP contribution >= 0.6 is 22.9 Å². The monoisotopic (exact) mass is 527 g/mol. The van der Waals surface area contributed by atoms with Crippen LogP contribution in [0.25, 0.3) is 15.7 Å². The van der Waals surface area contributed by atoms with Gasteiger partial charge in [-0.2, -0.15) is 5.10 Å². The van der Waals surface area contributed by atoms with Crippen molar-refractivity contribution >= 4 is 56.1 Å². The molecule has 0 spiro atoms. The van der Waals surface area contributed by atoms with Crippen LogP contribution in [0.2, 0.25) is 5.02 Å². The third-order valence-electron chi connectivity index (χ3n) is 6.65. The maximum Gasteiger partial charge on any atom is 0.226 e. The smallest absolute Gasteiger partial charge is 0.226 e. The van der Waals surface area contributed by atoms with Crippen LogP contribution < -0.4 is 5.32 Å². The number of aliphatic hydroxyl groups is 1. The van der Waals surface area contributed by atoms with Crippen molar-refractivity contribution in [1.82, 2.24) is 29.4 Å². The molecule has 11 heteroatoms. The molecule has 0 saturated carbocycles. The molecule has 190 valence electrons. The van der Waals surface area contributed by atoms with Crippen LogP contribution in [0.15, 0.2) is 30.9 Å². The number of pyridine rings is 1. The second kappa shape index (κ2) is 10.7. The molecule has 0 fully saturated rings. The molecule has 1 unspecified atom stereocenters. The molecule has 0 saturated heterocycles. The van der Waals surface area contributed by atoms with Gasteiger partial charge in [0.2, 0.25) is 5.91 Å². The molecule has 1 aliphatic rings. The van der Waals surface area contributed by atoms with Crippen LogP contribution in [0.4, 0.5) is 11.5 Å². The van der Waals surface area contributed by atoms with E-state index in [1.165, 1.54) is 10.4 Å². The summed E-state index contributed by atoms with van der Waals surface area (Å²) in [6.45, 7) is 1.93. The van der Waals surface area contributed by atoms with Crippen LogP contribution in [-0.2, 0) is 17.6 Å². The van der Waals surface area contributed by atoms with Gasteiger partial charge in [-0.15, -0.1) is 11.3 Å². The number of thiophene rings is 1. The molecule has 0 bridgehead atoms. The lowest BCUT2D eigenvalue weighted by atomic mass is 9.86. The number of hydrogen-bond acceptors (Lipinski definition) is 8. The number of anilines is 2. The number of carbonyl (C=O) groups is 1. The Labute approximate surface area is 218 Å². The molecule has 1 amide bonds. The molecule has 36 heavy (non-hydrogen) atoms. The fourth-order valence-corrected chi connectivity index (χ4v) is 6.33. The van der Waals surface area contributed by atoms with Gasteiger partial charge >= 0.3 is 0 Å². The van der Waals surface area contributed by atoms with E-state index in [1.54, 1.807) is 34.6 Å². The van der Waals surface area contributed by atoms with Crippen molar-refractivity contribution in [3.05, 3.63) is 46.3 Å². The number of carbonyl (C=O) groups excluding carboxylic acids is 1. The van der Waals surface area contributed by atoms with Gasteiger partial charge < -0.3 is 20.2 Å². The highest BCUT2D eigenvalue weighted by atomic mass is 35.5. The number of aryl methyl sites for hydroxylation is 1. The highest BCUT2D eigenvalue weighted by molar-refractivity contribution is 7.19. The summed E-state index contributed by atoms with van der Waals surface area (Å²) in [5.74, 6) is 0.773. The van der Waals surface area contributed by atoms with E-state index in [0.717, 1.165) is 53.0 Å². The Morgan fingerprint density at radius 1 is 1.31 bits per heavy atom. The Kier molecular flexibility index (Phi) is 7.38. The number of rotatable bonds is 9. The summed E-state index contributed by atoms with van der Waals surface area (Å²) in [4.78, 5) is 28.5. The normalized spacial score (nSPS) is 15.5. The van der Waals surface area contributed by atoms with E-state index >= 15 is 0 Å². The van der Waals surface area contributed by atoms with Gasteiger partial charge in [-0.25, -0.2) is 14.5 Å². The first-order chi connectivity index (χ1) is 17.4. The van der Waals surface area contributed by atoms with Crippen LogP contribution in [-0.4, -0.2) is 80.7 Å². The minimum atomic E-state index is -0.0837. The Bertz CT molecular complexity index is 1390. The second-order valence-corrected chi connectivity index (χ2v) is 10.9. The van der Waals surface area contributed by atoms with Gasteiger partial charge in [0, 0.05) is 36.3 Å². The first-order valence-electron chi connectivity index (χ1n) is 12.1. The van der Waals surface area contributed by atoms with Crippen LogP contribution in [0.5, 0.6) is 0 Å². The average Bonchev–Trinajstić information content (AvgIpc) is 3.46. The Hall–Kier alpha value is -2.79. The molecule has 2 N–H and O–H groups in total. The van der Waals surface area contributed by atoms with E-state index in [0.29, 0.717) is 24.5 Å². The van der Waals surface area contributed by atoms with E-state index in [-0.39, 0.29) is 18.4 Å². The Morgan fingerprint density at radius 2 is 2.17 bits per heavy atom. The number of fused-ring (bicyclic) bond motifs is 4. The van der Waals surface area contributed by atoms with Crippen molar-refractivity contribution in [3.63, 3.8) is 0 Å². The lowest BCUT2D eigenvalue weighted by Gasteiger charge is -2.29. The molecule has 0 aromatic carbocycles. The first-order valence-corrected chi connectivity index (χ1v) is 13.3. The van der Waals surface area contributed by atoms with Crippen molar-refractivity contribution < 1.29 is 9.90 Å². The number of aliphatic hydroxyl groups excluding tert-OH is 1. The predicted octanol–water partition coefficient (Wildman–Crippen LogP) is 3.61. The number of nitrogens with zero attached hydrogens (tertiary/aromatic N) is 6. The highest BCUT2D eigenvalue weighted by Gasteiger charge is 2.31. The zero-order valence-electron chi connectivity index (χ0n) is 20.4. The largest absolute Gasteiger partial charge is 0.395 e. The van der Waals surface area contributed by atoms with Crippen LogP contribution in [0.1, 0.15) is 23.3 Å². The van der Waals surface area contributed by atoms with Crippen molar-refractivity contribution in [2.45, 2.75) is 25.7 Å². The zero-order chi connectivity index (χ0) is 25.2. The van der Waals surface area contributed by atoms with Crippen LogP contribution in [0, 0.1) is 5.92 Å². The second-order valence-electron chi connectivity index (χ2n) is 9.41. The minimum absolute atomic E-state index is 0.0210. The third kappa shape index (κ3) is 5.04. The maximum absolute atomic E-state index is 13.4. The number of amides is 1. The fourth-order valence-electron chi connectivity index (χ4n) is 4.87. The summed E-state index contributed by atoms with van der Waals surface area (Å²) >= 11 is 8.15. The third-order valence-corrected chi connectivity index (χ3v) is 8.11. The summed E-state index contributed by atoms with van der Waals surface area (Å²) in [6, 6.07) is 3.87. The number of aromatic nitrogens is 4. The topological polar surface area (TPSA) is 98.9 Å². The molecular weight excluding hydrogens is 498 g/mol. The van der Waals surface area contributed by atoms with Gasteiger partial charge in [0.15, 0.2) is 0 Å². The summed E-state index contributed by atoms with van der Waals surface area (Å²) < 4.78 is 1.73. The quantitative estimate of drug-likeness (QED) is 0.343. The standard InChI is InChI=1S/C25H30ClN7O2S/c1-31(2)8-3-9-32(10-11-34)25(35)16-4-5-18-21(12-16)36-24-22(18)23(27-15-28-24)30-20-13-17-6-7-29-33(17)14-19(20)26/h6-7,13-16,34H,3-5,8-12H2,1-2H3,(H,27,28,30). The van der Waals surface area contributed by atoms with E-state index in [9.17, 15) is 9.90 Å². The SMILES string of the molecule is CN(C)CCCN(CCO)C(=O)C1CCc2c(sc3ncnc(Nc4cc5ccnn5cc4Cl)c23)C1. The number of hydrogen-bond donors (Lipinski definition) is 2. The minimum Gasteiger partial charge on any atom is -0.395 e. The molecule has 4 aromatic rings. The van der Waals surface area contributed by atoms with Crippen molar-refractivity contribution in [2.24, 2.45) is 5.92 Å². The molecule has 1 aliphatic carbocycles. The van der Waals surface area contributed by atoms with E-state index in [1.807, 2.05) is 31.1 Å². The molecule has 0 aliphatic heterocycles. The average molecular weight is 528 g/mol. The van der Waals surface area contributed by atoms with Crippen LogP contribution in [0.3, 0.4) is 0 Å². The van der Waals surface area contributed by atoms with Gasteiger partial charge in [-0.3, -0.25) is 4.79 Å². The van der Waals surface area contributed by atoms with Crippen molar-refractivity contribution in [2.75, 3.05) is 45.7 Å². The number of nitrogens with one attached hydrogen (secondary N) is 1. The summed E-state index contributed by atoms with van der Waals surface area (Å²) in [7, 11) is 4.05. The first kappa shape index (κ1) is 24.9. The zero-order valence-corrected chi connectivity index (χ0v) is 22.0. The molecule has 1 atom stereocenters. The van der Waals surface area contributed by atoms with Gasteiger partial charge in [-0.05, 0) is 64.0 Å². The maximum atomic E-state index is 13.4. The molecule has 0 radical (unpaired) electrons. The Morgan fingerprint density at radius 3 is 2.97 bits per heavy atom. The van der Waals surface area contributed by atoms with Gasteiger partial charge in [0.1, 0.15) is 17.0 Å². The predicted molar refractivity (Wildman–Crippen MR) is 143 cm³/mol. The van der Waals surface area contributed by atoms with Gasteiger partial charge in [-0.1, -0.05) is 11.6 Å². The lowest BCUT2D eigenvalue weighted by Crippen LogP contribution is -2.41. The summed E-state index contributed by atoms with van der Waals surface area (Å²) in [5.41, 5.74) is 2.90. The fraction of sp³-hybridized carbons (Fsp3) is 0.440. The van der Waals surface area contributed by atoms with E-state index in [4.69, 9.17) is 11.6 Å². The summed E-state index contributed by atoms with van der Waals surface area (Å²) in [5, 5.41) is 18.7. The molecule has 5 rings (SSSR count). The van der Waals surface area contributed by atoms with Crippen molar-refractivity contribution in [3.8, 4) is 0 Å². The van der Waals surface area contributed by atoms with Crippen molar-refractivity contribution in [1.29, 1.82) is 0 Å². The van der Waals surface area contributed by atoms with Gasteiger partial charge in [0.05, 0.1) is 28.2 Å². The summed E-state index contributed by atoms with van der Waals surface area (Å²) in [6.07, 6.45) is 8.19. The molecular formula is C25H30ClN7O2S. The highest BCUT2D eigenvalue weighted by Crippen LogP contribution is 2.41. The lowest BCUT2D eigenvalue weighted by molar-refractivity contribution is -0.136. The van der Waals surface area contributed by atoms with Gasteiger partial charge in [0.25, 0.3) is 0 Å². The molecule has 9 nitrogen and oxygen atoms in total. The Balaban J connectivity index is 1.38. The van der Waals surface area contributed by atoms with E-state index in [2.05, 4.69) is 25.3 Å². The molecule has 4 aromatic heterocycles. The van der Waals surface area contributed by atoms with E-state index < -0.39 is 0 Å². The number of halogens is 1.